The quantitative estimate of drug-likeness (QED) is 0.738. The minimum absolute atomic E-state index is 0.695. The average Bonchev–Trinajstić information content (AvgIpc) is 2.46. The molecule has 2 rings (SSSR count). The summed E-state index contributed by atoms with van der Waals surface area (Å²) in [7, 11) is 0. The van der Waals surface area contributed by atoms with E-state index in [1.807, 2.05) is 13.0 Å². The summed E-state index contributed by atoms with van der Waals surface area (Å²) in [6.45, 7) is 7.18. The average molecular weight is 284 g/mol. The van der Waals surface area contributed by atoms with Crippen LogP contribution in [0.2, 0.25) is 0 Å². The van der Waals surface area contributed by atoms with Crippen molar-refractivity contribution >= 4 is 17.5 Å². The van der Waals surface area contributed by atoms with Crippen LogP contribution in [0.25, 0.3) is 0 Å². The SMILES string of the molecule is CCCCCNc1nc(C)cc(Nc2ccc(C)cc2)n1. The third-order valence-corrected chi connectivity index (χ3v) is 3.24. The van der Waals surface area contributed by atoms with Gasteiger partial charge in [-0.2, -0.15) is 4.98 Å². The van der Waals surface area contributed by atoms with Gasteiger partial charge in [-0.15, -0.1) is 0 Å². The zero-order valence-corrected chi connectivity index (χ0v) is 13.1. The fourth-order valence-corrected chi connectivity index (χ4v) is 2.07. The number of rotatable bonds is 7. The minimum atomic E-state index is 0.695. The molecule has 0 bridgehead atoms. The van der Waals surface area contributed by atoms with E-state index in [-0.39, 0.29) is 0 Å². The number of unbranched alkanes of at least 4 members (excludes halogenated alkanes) is 2. The molecule has 4 nitrogen and oxygen atoms in total. The first kappa shape index (κ1) is 15.3. The Balaban J connectivity index is 2.02. The summed E-state index contributed by atoms with van der Waals surface area (Å²) < 4.78 is 0. The maximum atomic E-state index is 4.52. The van der Waals surface area contributed by atoms with Crippen molar-refractivity contribution in [3.8, 4) is 0 Å². The van der Waals surface area contributed by atoms with Crippen LogP contribution in [0.1, 0.15) is 37.4 Å². The molecule has 0 aliphatic rings. The predicted molar refractivity (Wildman–Crippen MR) is 89.2 cm³/mol. The van der Waals surface area contributed by atoms with E-state index in [4.69, 9.17) is 0 Å². The normalized spacial score (nSPS) is 10.4. The molecule has 0 aliphatic heterocycles. The van der Waals surface area contributed by atoms with Gasteiger partial charge in [0, 0.05) is 24.0 Å². The van der Waals surface area contributed by atoms with Crippen LogP contribution >= 0.6 is 0 Å². The number of aryl methyl sites for hydroxylation is 2. The summed E-state index contributed by atoms with van der Waals surface area (Å²) in [5.41, 5.74) is 3.24. The fourth-order valence-electron chi connectivity index (χ4n) is 2.07. The lowest BCUT2D eigenvalue weighted by molar-refractivity contribution is 0.740. The van der Waals surface area contributed by atoms with E-state index in [1.54, 1.807) is 0 Å². The second-order valence-electron chi connectivity index (χ2n) is 5.34. The fraction of sp³-hybridized carbons (Fsp3) is 0.412. The molecule has 0 radical (unpaired) electrons. The Bertz CT molecular complexity index is 564. The maximum absolute atomic E-state index is 4.52. The second-order valence-corrected chi connectivity index (χ2v) is 5.34. The predicted octanol–water partition coefficient (Wildman–Crippen LogP) is 4.44. The van der Waals surface area contributed by atoms with E-state index in [1.165, 1.54) is 18.4 Å². The summed E-state index contributed by atoms with van der Waals surface area (Å²) in [5, 5.41) is 6.62. The highest BCUT2D eigenvalue weighted by Gasteiger charge is 2.02. The molecule has 112 valence electrons. The molecule has 2 aromatic rings. The topological polar surface area (TPSA) is 49.8 Å². The molecule has 1 aromatic heterocycles. The van der Waals surface area contributed by atoms with Crippen LogP contribution < -0.4 is 10.6 Å². The van der Waals surface area contributed by atoms with Gasteiger partial charge in [0.2, 0.25) is 5.95 Å². The van der Waals surface area contributed by atoms with E-state index in [0.29, 0.717) is 5.95 Å². The van der Waals surface area contributed by atoms with Gasteiger partial charge in [0.05, 0.1) is 0 Å². The van der Waals surface area contributed by atoms with Crippen molar-refractivity contribution in [2.75, 3.05) is 17.2 Å². The van der Waals surface area contributed by atoms with Gasteiger partial charge in [-0.1, -0.05) is 37.5 Å². The lowest BCUT2D eigenvalue weighted by Crippen LogP contribution is -2.07. The highest BCUT2D eigenvalue weighted by molar-refractivity contribution is 5.57. The summed E-state index contributed by atoms with van der Waals surface area (Å²) >= 11 is 0. The molecule has 0 atom stereocenters. The molecule has 0 saturated carbocycles. The Morgan fingerprint density at radius 2 is 1.76 bits per heavy atom. The first-order valence-corrected chi connectivity index (χ1v) is 7.60. The lowest BCUT2D eigenvalue weighted by atomic mass is 10.2. The molecule has 21 heavy (non-hydrogen) atoms. The minimum Gasteiger partial charge on any atom is -0.354 e. The third-order valence-electron chi connectivity index (χ3n) is 3.24. The standard InChI is InChI=1S/C17H24N4/c1-4-5-6-11-18-17-19-14(3)12-16(21-17)20-15-9-7-13(2)8-10-15/h7-10,12H,4-6,11H2,1-3H3,(H2,18,19,20,21). The van der Waals surface area contributed by atoms with E-state index in [2.05, 4.69) is 58.7 Å². The maximum Gasteiger partial charge on any atom is 0.224 e. The Kier molecular flexibility index (Phi) is 5.55. The molecule has 0 fully saturated rings. The largest absolute Gasteiger partial charge is 0.354 e. The van der Waals surface area contributed by atoms with Crippen LogP contribution in [0.3, 0.4) is 0 Å². The first-order chi connectivity index (χ1) is 10.2. The van der Waals surface area contributed by atoms with E-state index < -0.39 is 0 Å². The summed E-state index contributed by atoms with van der Waals surface area (Å²) in [6.07, 6.45) is 3.60. The van der Waals surface area contributed by atoms with Crippen LogP contribution in [0, 0.1) is 13.8 Å². The van der Waals surface area contributed by atoms with E-state index in [0.717, 1.165) is 30.2 Å². The number of aromatic nitrogens is 2. The molecule has 0 amide bonds. The zero-order chi connectivity index (χ0) is 15.1. The lowest BCUT2D eigenvalue weighted by Gasteiger charge is -2.10. The van der Waals surface area contributed by atoms with E-state index in [9.17, 15) is 0 Å². The molecule has 1 aromatic carbocycles. The number of hydrogen-bond acceptors (Lipinski definition) is 4. The van der Waals surface area contributed by atoms with Gasteiger partial charge in [-0.25, -0.2) is 4.98 Å². The van der Waals surface area contributed by atoms with Gasteiger partial charge in [-0.3, -0.25) is 0 Å². The summed E-state index contributed by atoms with van der Waals surface area (Å²) in [6, 6.07) is 10.2. The molecule has 4 heteroatoms. The van der Waals surface area contributed by atoms with Crippen molar-refractivity contribution < 1.29 is 0 Å². The summed E-state index contributed by atoms with van der Waals surface area (Å²) in [5.74, 6) is 1.52. The number of hydrogen-bond donors (Lipinski definition) is 2. The molecule has 0 unspecified atom stereocenters. The van der Waals surface area contributed by atoms with Crippen molar-refractivity contribution in [3.63, 3.8) is 0 Å². The number of benzene rings is 1. The van der Waals surface area contributed by atoms with Crippen LogP contribution in [0.15, 0.2) is 30.3 Å². The van der Waals surface area contributed by atoms with Crippen LogP contribution in [0.4, 0.5) is 17.5 Å². The first-order valence-electron chi connectivity index (χ1n) is 7.60. The molecular weight excluding hydrogens is 260 g/mol. The second kappa shape index (κ2) is 7.62. The van der Waals surface area contributed by atoms with Crippen molar-refractivity contribution in [3.05, 3.63) is 41.6 Å². The van der Waals surface area contributed by atoms with Crippen molar-refractivity contribution in [2.45, 2.75) is 40.0 Å². The van der Waals surface area contributed by atoms with Gasteiger partial charge < -0.3 is 10.6 Å². The highest BCUT2D eigenvalue weighted by atomic mass is 15.1. The molecule has 0 aliphatic carbocycles. The number of nitrogens with one attached hydrogen (secondary N) is 2. The van der Waals surface area contributed by atoms with Gasteiger partial charge in [0.25, 0.3) is 0 Å². The highest BCUT2D eigenvalue weighted by Crippen LogP contribution is 2.17. The number of nitrogens with zero attached hydrogens (tertiary/aromatic N) is 2. The van der Waals surface area contributed by atoms with Gasteiger partial charge >= 0.3 is 0 Å². The molecule has 0 spiro atoms. The monoisotopic (exact) mass is 284 g/mol. The Labute approximate surface area is 127 Å². The van der Waals surface area contributed by atoms with Crippen LogP contribution in [-0.4, -0.2) is 16.5 Å². The van der Waals surface area contributed by atoms with Crippen molar-refractivity contribution in [1.29, 1.82) is 0 Å². The van der Waals surface area contributed by atoms with Crippen molar-refractivity contribution in [1.82, 2.24) is 9.97 Å². The molecule has 1 heterocycles. The Morgan fingerprint density at radius 3 is 2.48 bits per heavy atom. The Morgan fingerprint density at radius 1 is 1.00 bits per heavy atom. The summed E-state index contributed by atoms with van der Waals surface area (Å²) in [4.78, 5) is 8.94. The van der Waals surface area contributed by atoms with Crippen LogP contribution in [-0.2, 0) is 0 Å². The molecule has 2 N–H and O–H groups in total. The zero-order valence-electron chi connectivity index (χ0n) is 13.1. The number of anilines is 3. The van der Waals surface area contributed by atoms with Crippen molar-refractivity contribution in [2.24, 2.45) is 0 Å². The van der Waals surface area contributed by atoms with Crippen LogP contribution in [0.5, 0.6) is 0 Å². The molecular formula is C17H24N4. The molecule has 0 saturated heterocycles. The smallest absolute Gasteiger partial charge is 0.224 e. The van der Waals surface area contributed by atoms with E-state index >= 15 is 0 Å². The van der Waals surface area contributed by atoms with Gasteiger partial charge in [0.15, 0.2) is 0 Å². The van der Waals surface area contributed by atoms with Gasteiger partial charge in [-0.05, 0) is 32.4 Å². The Hall–Kier alpha value is -2.10. The third kappa shape index (κ3) is 5.06. The van der Waals surface area contributed by atoms with Gasteiger partial charge in [0.1, 0.15) is 5.82 Å².